The normalized spacial score (nSPS) is 16.9. The average molecular weight is 139 g/mol. The first-order chi connectivity index (χ1) is 3.18. The number of rotatable bonds is 1. The molecule has 1 atom stereocenters. The third kappa shape index (κ3) is 2.95. The molecule has 0 aliphatic carbocycles. The van der Waals surface area contributed by atoms with Gasteiger partial charge in [-0.25, -0.2) is 0 Å². The highest BCUT2D eigenvalue weighted by Gasteiger charge is 1.94. The summed E-state index contributed by atoms with van der Waals surface area (Å²) in [4.78, 5) is 0. The number of hydrogen-bond acceptors (Lipinski definition) is 0. The molecule has 0 aromatic carbocycles. The summed E-state index contributed by atoms with van der Waals surface area (Å²) in [5, 5.41) is 0.0671. The molecule has 42 valence electrons. The predicted octanol–water partition coefficient (Wildman–Crippen LogP) is 2.76. The van der Waals surface area contributed by atoms with Gasteiger partial charge >= 0.3 is 0 Å². The lowest BCUT2D eigenvalue weighted by Crippen LogP contribution is -1.89. The Labute approximate surface area is 54.1 Å². The van der Waals surface area contributed by atoms with Crippen molar-refractivity contribution in [3.05, 3.63) is 11.1 Å². The molecule has 0 N–H and O–H groups in total. The maximum atomic E-state index is 5.58. The second-order valence-electron chi connectivity index (χ2n) is 1.47. The van der Waals surface area contributed by atoms with Gasteiger partial charge in [-0.2, -0.15) is 0 Å². The first-order valence-corrected chi connectivity index (χ1v) is 2.96. The van der Waals surface area contributed by atoms with Crippen LogP contribution in [0.15, 0.2) is 11.1 Å². The summed E-state index contributed by atoms with van der Waals surface area (Å²) in [6, 6.07) is 0. The number of halogens is 2. The minimum absolute atomic E-state index is 0.0671. The Balaban J connectivity index is 3.56. The molecule has 0 aliphatic rings. The Kier molecular flexibility index (Phi) is 3.49. The van der Waals surface area contributed by atoms with Crippen molar-refractivity contribution in [2.75, 3.05) is 0 Å². The van der Waals surface area contributed by atoms with Crippen LogP contribution in [0.1, 0.15) is 13.8 Å². The van der Waals surface area contributed by atoms with E-state index >= 15 is 0 Å². The fourth-order valence-electron chi connectivity index (χ4n) is 0.0868. The fourth-order valence-corrected chi connectivity index (χ4v) is 0.403. The van der Waals surface area contributed by atoms with Crippen molar-refractivity contribution < 1.29 is 0 Å². The van der Waals surface area contributed by atoms with E-state index in [4.69, 9.17) is 23.2 Å². The SMILES string of the molecule is C/C(=C\Cl)C(C)Cl. The van der Waals surface area contributed by atoms with Crippen molar-refractivity contribution in [1.82, 2.24) is 0 Å². The number of alkyl halides is 1. The number of allylic oxidation sites excluding steroid dienone is 1. The highest BCUT2D eigenvalue weighted by molar-refractivity contribution is 6.27. The molecule has 0 heterocycles. The van der Waals surface area contributed by atoms with Crippen LogP contribution < -0.4 is 0 Å². The topological polar surface area (TPSA) is 0 Å². The van der Waals surface area contributed by atoms with E-state index in [0.29, 0.717) is 0 Å². The largest absolute Gasteiger partial charge is 0.118 e. The van der Waals surface area contributed by atoms with E-state index in [0.717, 1.165) is 5.57 Å². The van der Waals surface area contributed by atoms with Crippen LogP contribution in [0.2, 0.25) is 0 Å². The fraction of sp³-hybridized carbons (Fsp3) is 0.600. The van der Waals surface area contributed by atoms with Gasteiger partial charge in [0, 0.05) is 5.54 Å². The van der Waals surface area contributed by atoms with Crippen LogP contribution in [0.5, 0.6) is 0 Å². The zero-order chi connectivity index (χ0) is 5.86. The Morgan fingerprint density at radius 3 is 2.14 bits per heavy atom. The quantitative estimate of drug-likeness (QED) is 0.490. The van der Waals surface area contributed by atoms with Crippen LogP contribution in [0.4, 0.5) is 0 Å². The molecular formula is C5H8Cl2. The number of hydrogen-bond donors (Lipinski definition) is 0. The Morgan fingerprint density at radius 2 is 2.14 bits per heavy atom. The van der Waals surface area contributed by atoms with Crippen LogP contribution in [0.25, 0.3) is 0 Å². The van der Waals surface area contributed by atoms with Crippen LogP contribution in [-0.4, -0.2) is 5.38 Å². The molecule has 0 nitrogen and oxygen atoms in total. The van der Waals surface area contributed by atoms with Gasteiger partial charge in [0.05, 0.1) is 5.38 Å². The van der Waals surface area contributed by atoms with Crippen molar-refractivity contribution in [2.24, 2.45) is 0 Å². The van der Waals surface area contributed by atoms with Crippen molar-refractivity contribution in [1.29, 1.82) is 0 Å². The maximum Gasteiger partial charge on any atom is 0.0525 e. The molecule has 0 saturated heterocycles. The lowest BCUT2D eigenvalue weighted by Gasteiger charge is -1.96. The Morgan fingerprint density at radius 1 is 1.71 bits per heavy atom. The lowest BCUT2D eigenvalue weighted by atomic mass is 10.3. The van der Waals surface area contributed by atoms with Gasteiger partial charge in [-0.3, -0.25) is 0 Å². The van der Waals surface area contributed by atoms with Crippen molar-refractivity contribution in [3.63, 3.8) is 0 Å². The molecule has 0 aromatic heterocycles. The molecule has 0 radical (unpaired) electrons. The first-order valence-electron chi connectivity index (χ1n) is 2.09. The van der Waals surface area contributed by atoms with E-state index in [2.05, 4.69) is 0 Å². The summed E-state index contributed by atoms with van der Waals surface area (Å²) in [7, 11) is 0. The standard InChI is InChI=1S/C5H8Cl2/c1-4(3-6)5(2)7/h3,5H,1-2H3/b4-3+. The van der Waals surface area contributed by atoms with E-state index in [9.17, 15) is 0 Å². The molecule has 0 bridgehead atoms. The zero-order valence-corrected chi connectivity index (χ0v) is 5.92. The van der Waals surface area contributed by atoms with E-state index in [-0.39, 0.29) is 5.38 Å². The van der Waals surface area contributed by atoms with Gasteiger partial charge < -0.3 is 0 Å². The van der Waals surface area contributed by atoms with Gasteiger partial charge in [0.1, 0.15) is 0 Å². The summed E-state index contributed by atoms with van der Waals surface area (Å²) in [5.41, 5.74) is 2.50. The summed E-state index contributed by atoms with van der Waals surface area (Å²) in [6.07, 6.45) is 0. The van der Waals surface area contributed by atoms with E-state index in [1.165, 1.54) is 5.54 Å². The molecule has 0 spiro atoms. The molecule has 0 saturated carbocycles. The third-order valence-corrected chi connectivity index (χ3v) is 1.49. The van der Waals surface area contributed by atoms with Crippen LogP contribution in [0.3, 0.4) is 0 Å². The van der Waals surface area contributed by atoms with E-state index in [1.807, 2.05) is 13.8 Å². The van der Waals surface area contributed by atoms with Gasteiger partial charge in [0.25, 0.3) is 0 Å². The Hall–Kier alpha value is 0.320. The molecule has 0 aromatic rings. The van der Waals surface area contributed by atoms with Crippen molar-refractivity contribution in [2.45, 2.75) is 19.2 Å². The van der Waals surface area contributed by atoms with Crippen molar-refractivity contribution >= 4 is 23.2 Å². The zero-order valence-electron chi connectivity index (χ0n) is 4.41. The van der Waals surface area contributed by atoms with Gasteiger partial charge in [0.15, 0.2) is 0 Å². The minimum Gasteiger partial charge on any atom is -0.118 e. The molecular weight excluding hydrogens is 131 g/mol. The highest BCUT2D eigenvalue weighted by atomic mass is 35.5. The summed E-state index contributed by atoms with van der Waals surface area (Å²) in [5.74, 6) is 0. The van der Waals surface area contributed by atoms with Crippen LogP contribution in [0, 0.1) is 0 Å². The third-order valence-electron chi connectivity index (χ3n) is 0.800. The van der Waals surface area contributed by atoms with Gasteiger partial charge in [-0.15, -0.1) is 11.6 Å². The van der Waals surface area contributed by atoms with Crippen molar-refractivity contribution in [3.8, 4) is 0 Å². The predicted molar refractivity (Wildman–Crippen MR) is 34.9 cm³/mol. The van der Waals surface area contributed by atoms with E-state index < -0.39 is 0 Å². The molecule has 1 unspecified atom stereocenters. The maximum absolute atomic E-state index is 5.58. The van der Waals surface area contributed by atoms with Gasteiger partial charge in [-0.1, -0.05) is 11.6 Å². The summed E-state index contributed by atoms with van der Waals surface area (Å²) in [6.45, 7) is 3.78. The molecule has 0 rings (SSSR count). The monoisotopic (exact) mass is 138 g/mol. The lowest BCUT2D eigenvalue weighted by molar-refractivity contribution is 1.11. The summed E-state index contributed by atoms with van der Waals surface area (Å²) >= 11 is 10.9. The first kappa shape index (κ1) is 7.32. The molecule has 0 aliphatic heterocycles. The highest BCUT2D eigenvalue weighted by Crippen LogP contribution is 2.07. The van der Waals surface area contributed by atoms with Crippen LogP contribution in [-0.2, 0) is 0 Å². The molecule has 2 heteroatoms. The second-order valence-corrected chi connectivity index (χ2v) is 2.34. The smallest absolute Gasteiger partial charge is 0.0525 e. The van der Waals surface area contributed by atoms with Gasteiger partial charge in [-0.05, 0) is 19.4 Å². The second kappa shape index (κ2) is 3.34. The van der Waals surface area contributed by atoms with Gasteiger partial charge in [0.2, 0.25) is 0 Å². The molecule has 0 amide bonds. The molecule has 0 fully saturated rings. The Bertz CT molecular complexity index is 74.1. The van der Waals surface area contributed by atoms with E-state index in [1.54, 1.807) is 0 Å². The average Bonchev–Trinajstić information content (AvgIpc) is 1.65. The summed E-state index contributed by atoms with van der Waals surface area (Å²) < 4.78 is 0. The van der Waals surface area contributed by atoms with Crippen LogP contribution >= 0.6 is 23.2 Å². The molecule has 7 heavy (non-hydrogen) atoms. The minimum atomic E-state index is 0.0671.